The van der Waals surface area contributed by atoms with Gasteiger partial charge in [-0.1, -0.05) is 17.8 Å². The molecule has 0 bridgehead atoms. The van der Waals surface area contributed by atoms with Crippen LogP contribution in [0.4, 0.5) is 0 Å². The van der Waals surface area contributed by atoms with Crippen LogP contribution in [0.1, 0.15) is 18.5 Å². The van der Waals surface area contributed by atoms with E-state index in [9.17, 15) is 4.79 Å². The molecule has 0 radical (unpaired) electrons. The van der Waals surface area contributed by atoms with Gasteiger partial charge >= 0.3 is 0 Å². The summed E-state index contributed by atoms with van der Waals surface area (Å²) in [5, 5.41) is 9.98. The van der Waals surface area contributed by atoms with Crippen LogP contribution < -0.4 is 5.73 Å². The SMILES string of the molecule is NC(=O)C1(c2cccc(Sc3ccc4c(ccc5nncn54)c3)n2)CCOCC1. The molecule has 1 aromatic carbocycles. The highest BCUT2D eigenvalue weighted by Crippen LogP contribution is 2.36. The fourth-order valence-corrected chi connectivity index (χ4v) is 4.72. The van der Waals surface area contributed by atoms with E-state index in [-0.39, 0.29) is 5.91 Å². The standard InChI is InChI=1S/C21H19N5O2S/c22-20(27)21(8-10-28-11-9-21)17-2-1-3-19(24-17)29-15-5-6-16-14(12-15)4-7-18-25-23-13-26(16)18/h1-7,12-13H,8-11H2,(H2,22,27). The molecule has 4 aromatic rings. The summed E-state index contributed by atoms with van der Waals surface area (Å²) >= 11 is 1.56. The molecule has 146 valence electrons. The second-order valence-electron chi connectivity index (χ2n) is 7.13. The molecule has 4 heterocycles. The summed E-state index contributed by atoms with van der Waals surface area (Å²) < 4.78 is 7.40. The molecule has 5 rings (SSSR count). The fourth-order valence-electron chi connectivity index (χ4n) is 3.86. The molecule has 1 saturated heterocycles. The number of pyridine rings is 2. The Labute approximate surface area is 171 Å². The van der Waals surface area contributed by atoms with Crippen molar-refractivity contribution in [1.82, 2.24) is 19.6 Å². The lowest BCUT2D eigenvalue weighted by molar-refractivity contribution is -0.127. The summed E-state index contributed by atoms with van der Waals surface area (Å²) in [6.07, 6.45) is 2.84. The predicted molar refractivity (Wildman–Crippen MR) is 110 cm³/mol. The first-order chi connectivity index (χ1) is 14.2. The van der Waals surface area contributed by atoms with Gasteiger partial charge in [-0.2, -0.15) is 0 Å². The van der Waals surface area contributed by atoms with Crippen molar-refractivity contribution in [3.8, 4) is 0 Å². The van der Waals surface area contributed by atoms with Gasteiger partial charge in [-0.25, -0.2) is 4.98 Å². The van der Waals surface area contributed by atoms with Gasteiger partial charge in [-0.3, -0.25) is 9.20 Å². The Kier molecular flexibility index (Phi) is 4.44. The van der Waals surface area contributed by atoms with Crippen molar-refractivity contribution in [1.29, 1.82) is 0 Å². The number of rotatable bonds is 4. The van der Waals surface area contributed by atoms with Crippen LogP contribution in [0.2, 0.25) is 0 Å². The minimum Gasteiger partial charge on any atom is -0.381 e. The molecule has 1 aliphatic rings. The number of carbonyl (C=O) groups excluding carboxylic acids is 1. The van der Waals surface area contributed by atoms with E-state index in [2.05, 4.69) is 28.4 Å². The molecule has 29 heavy (non-hydrogen) atoms. The molecule has 1 amide bonds. The van der Waals surface area contributed by atoms with Gasteiger partial charge < -0.3 is 10.5 Å². The first kappa shape index (κ1) is 18.1. The van der Waals surface area contributed by atoms with Crippen molar-refractivity contribution >= 4 is 34.2 Å². The van der Waals surface area contributed by atoms with E-state index in [4.69, 9.17) is 15.5 Å². The van der Waals surface area contributed by atoms with Crippen LogP contribution in [-0.2, 0) is 14.9 Å². The lowest BCUT2D eigenvalue weighted by Gasteiger charge is -2.33. The number of hydrogen-bond acceptors (Lipinski definition) is 6. The lowest BCUT2D eigenvalue weighted by Crippen LogP contribution is -2.46. The zero-order valence-corrected chi connectivity index (χ0v) is 16.4. The highest BCUT2D eigenvalue weighted by atomic mass is 32.2. The summed E-state index contributed by atoms with van der Waals surface area (Å²) in [6.45, 7) is 1.04. The van der Waals surface area contributed by atoms with Crippen LogP contribution in [0, 0.1) is 0 Å². The van der Waals surface area contributed by atoms with Crippen molar-refractivity contribution in [2.45, 2.75) is 28.2 Å². The minimum absolute atomic E-state index is 0.334. The van der Waals surface area contributed by atoms with E-state index in [1.54, 1.807) is 18.1 Å². The highest BCUT2D eigenvalue weighted by molar-refractivity contribution is 7.99. The zero-order chi connectivity index (χ0) is 19.8. The van der Waals surface area contributed by atoms with Crippen molar-refractivity contribution in [3.63, 3.8) is 0 Å². The van der Waals surface area contributed by atoms with Gasteiger partial charge in [0, 0.05) is 18.1 Å². The first-order valence-electron chi connectivity index (χ1n) is 9.41. The smallest absolute Gasteiger partial charge is 0.229 e. The van der Waals surface area contributed by atoms with Gasteiger partial charge in [0.1, 0.15) is 11.4 Å². The van der Waals surface area contributed by atoms with Gasteiger partial charge in [0.15, 0.2) is 5.65 Å². The fraction of sp³-hybridized carbons (Fsp3) is 0.238. The van der Waals surface area contributed by atoms with Crippen LogP contribution in [0.5, 0.6) is 0 Å². The number of carbonyl (C=O) groups is 1. The second-order valence-corrected chi connectivity index (χ2v) is 8.23. The Morgan fingerprint density at radius 1 is 1.14 bits per heavy atom. The van der Waals surface area contributed by atoms with Crippen LogP contribution in [0.15, 0.2) is 64.8 Å². The summed E-state index contributed by atoms with van der Waals surface area (Å²) in [6, 6.07) is 16.0. The average Bonchev–Trinajstić information content (AvgIpc) is 3.23. The van der Waals surface area contributed by atoms with Gasteiger partial charge in [0.2, 0.25) is 5.91 Å². The van der Waals surface area contributed by atoms with Crippen LogP contribution >= 0.6 is 11.8 Å². The Morgan fingerprint density at radius 2 is 2.00 bits per heavy atom. The quantitative estimate of drug-likeness (QED) is 0.561. The molecule has 2 N–H and O–H groups in total. The second kappa shape index (κ2) is 7.13. The Bertz CT molecular complexity index is 1220. The Balaban J connectivity index is 1.48. The normalized spacial score (nSPS) is 16.3. The highest BCUT2D eigenvalue weighted by Gasteiger charge is 2.41. The summed E-state index contributed by atoms with van der Waals surface area (Å²) in [4.78, 5) is 18.1. The van der Waals surface area contributed by atoms with Crippen LogP contribution in [0.3, 0.4) is 0 Å². The van der Waals surface area contributed by atoms with Crippen LogP contribution in [0.25, 0.3) is 16.6 Å². The number of benzene rings is 1. The van der Waals surface area contributed by atoms with Crippen LogP contribution in [-0.4, -0.2) is 38.7 Å². The summed E-state index contributed by atoms with van der Waals surface area (Å²) in [5.74, 6) is -0.334. The molecule has 0 saturated carbocycles. The third kappa shape index (κ3) is 3.14. The van der Waals surface area contributed by atoms with Gasteiger partial charge in [-0.05, 0) is 60.7 Å². The lowest BCUT2D eigenvalue weighted by atomic mass is 9.76. The molecule has 1 fully saturated rings. The molecule has 8 heteroatoms. The largest absolute Gasteiger partial charge is 0.381 e. The first-order valence-corrected chi connectivity index (χ1v) is 10.2. The molecule has 0 aliphatic carbocycles. The number of ether oxygens (including phenoxy) is 1. The van der Waals surface area contributed by atoms with E-state index < -0.39 is 5.41 Å². The molecule has 3 aromatic heterocycles. The molecular formula is C21H19N5O2S. The number of amides is 1. The molecule has 0 spiro atoms. The van der Waals surface area contributed by atoms with Crippen molar-refractivity contribution in [3.05, 3.63) is 60.6 Å². The average molecular weight is 405 g/mol. The van der Waals surface area contributed by atoms with E-state index in [1.165, 1.54) is 0 Å². The Morgan fingerprint density at radius 3 is 2.83 bits per heavy atom. The maximum absolute atomic E-state index is 12.3. The number of nitrogens with two attached hydrogens (primary N) is 1. The van der Waals surface area contributed by atoms with E-state index in [1.807, 2.05) is 34.7 Å². The maximum Gasteiger partial charge on any atom is 0.229 e. The molecule has 0 atom stereocenters. The topological polar surface area (TPSA) is 95.4 Å². The molecule has 0 unspecified atom stereocenters. The third-order valence-electron chi connectivity index (χ3n) is 5.50. The maximum atomic E-state index is 12.3. The number of primary amides is 1. The van der Waals surface area contributed by atoms with Crippen molar-refractivity contribution in [2.75, 3.05) is 13.2 Å². The van der Waals surface area contributed by atoms with E-state index in [0.717, 1.165) is 32.2 Å². The third-order valence-corrected chi connectivity index (χ3v) is 6.43. The summed E-state index contributed by atoms with van der Waals surface area (Å²) in [7, 11) is 0. The van der Waals surface area contributed by atoms with Gasteiger partial charge in [-0.15, -0.1) is 10.2 Å². The van der Waals surface area contributed by atoms with Gasteiger partial charge in [0.25, 0.3) is 0 Å². The van der Waals surface area contributed by atoms with Crippen molar-refractivity contribution in [2.24, 2.45) is 5.73 Å². The Hall–Kier alpha value is -2.97. The minimum atomic E-state index is -0.752. The number of hydrogen-bond donors (Lipinski definition) is 1. The zero-order valence-electron chi connectivity index (χ0n) is 15.6. The predicted octanol–water partition coefficient (Wildman–Crippen LogP) is 2.96. The molecule has 7 nitrogen and oxygen atoms in total. The molecule has 1 aliphatic heterocycles. The van der Waals surface area contributed by atoms with Crippen molar-refractivity contribution < 1.29 is 9.53 Å². The van der Waals surface area contributed by atoms with E-state index >= 15 is 0 Å². The summed E-state index contributed by atoms with van der Waals surface area (Å²) in [5.41, 5.74) is 7.63. The number of aromatic nitrogens is 4. The van der Waals surface area contributed by atoms with Gasteiger partial charge in [0.05, 0.1) is 16.6 Å². The van der Waals surface area contributed by atoms with E-state index in [0.29, 0.717) is 26.1 Å². The monoisotopic (exact) mass is 405 g/mol. The molecular weight excluding hydrogens is 386 g/mol. The number of fused-ring (bicyclic) bond motifs is 3. The number of nitrogens with zero attached hydrogens (tertiary/aromatic N) is 4.